The van der Waals surface area contributed by atoms with Crippen LogP contribution in [0.1, 0.15) is 28.9 Å². The number of rotatable bonds is 2. The lowest BCUT2D eigenvalue weighted by atomic mass is 10.1. The van der Waals surface area contributed by atoms with Crippen molar-refractivity contribution in [2.75, 3.05) is 0 Å². The maximum absolute atomic E-state index is 12.8. The second-order valence-electron chi connectivity index (χ2n) is 4.64. The van der Waals surface area contributed by atoms with E-state index in [9.17, 15) is 17.6 Å². The van der Waals surface area contributed by atoms with E-state index in [4.69, 9.17) is 0 Å². The maximum atomic E-state index is 12.8. The Morgan fingerprint density at radius 1 is 0.950 bits per heavy atom. The summed E-state index contributed by atoms with van der Waals surface area (Å²) in [5.74, 6) is -0.321. The molecule has 1 N–H and O–H groups in total. The Bertz CT molecular complexity index is 605. The summed E-state index contributed by atoms with van der Waals surface area (Å²) >= 11 is 0. The first-order chi connectivity index (χ1) is 9.45. The molecule has 2 atom stereocenters. The summed E-state index contributed by atoms with van der Waals surface area (Å²) in [6.07, 6.45) is -3.55. The molecule has 0 amide bonds. The average Bonchev–Trinajstić information content (AvgIpc) is 3.19. The van der Waals surface area contributed by atoms with Crippen LogP contribution in [0.3, 0.4) is 0 Å². The molecule has 0 radical (unpaired) electrons. The molecule has 1 aromatic heterocycles. The van der Waals surface area contributed by atoms with E-state index in [1.54, 1.807) is 12.1 Å². The van der Waals surface area contributed by atoms with E-state index in [2.05, 4.69) is 10.3 Å². The minimum atomic E-state index is -4.38. The van der Waals surface area contributed by atoms with Crippen LogP contribution in [0.15, 0.2) is 42.6 Å². The Morgan fingerprint density at radius 3 is 2.20 bits per heavy atom. The van der Waals surface area contributed by atoms with E-state index in [0.717, 1.165) is 17.8 Å². The molecule has 6 heteroatoms. The quantitative estimate of drug-likeness (QED) is 0.674. The van der Waals surface area contributed by atoms with Gasteiger partial charge in [0.2, 0.25) is 0 Å². The van der Waals surface area contributed by atoms with Gasteiger partial charge >= 0.3 is 6.18 Å². The fraction of sp³-hybridized carbons (Fsp3) is 0.214. The van der Waals surface area contributed by atoms with Gasteiger partial charge in [-0.25, -0.2) is 4.39 Å². The summed E-state index contributed by atoms with van der Waals surface area (Å²) in [5.41, 5.74) is 0.672. The van der Waals surface area contributed by atoms with Crippen molar-refractivity contribution in [2.24, 2.45) is 0 Å². The second kappa shape index (κ2) is 4.56. The van der Waals surface area contributed by atoms with Crippen molar-refractivity contribution < 1.29 is 17.6 Å². The van der Waals surface area contributed by atoms with E-state index in [1.807, 2.05) is 0 Å². The van der Waals surface area contributed by atoms with Gasteiger partial charge in [-0.3, -0.25) is 10.3 Å². The smallest absolute Gasteiger partial charge is 0.298 e. The number of alkyl halides is 3. The summed E-state index contributed by atoms with van der Waals surface area (Å²) in [5, 5.41) is 3.11. The van der Waals surface area contributed by atoms with Crippen LogP contribution in [-0.2, 0) is 6.18 Å². The number of nitrogens with one attached hydrogen (secondary N) is 1. The minimum absolute atomic E-state index is 0.0279. The Kier molecular flexibility index (Phi) is 2.97. The number of benzene rings is 1. The second-order valence-corrected chi connectivity index (χ2v) is 4.64. The van der Waals surface area contributed by atoms with Gasteiger partial charge in [-0.05, 0) is 29.8 Å². The van der Waals surface area contributed by atoms with Gasteiger partial charge in [0.1, 0.15) is 5.82 Å². The summed E-state index contributed by atoms with van der Waals surface area (Å²) in [4.78, 5) is 3.84. The Hall–Kier alpha value is -1.95. The van der Waals surface area contributed by atoms with E-state index in [0.29, 0.717) is 5.69 Å². The molecule has 0 aliphatic carbocycles. The Morgan fingerprint density at radius 2 is 1.65 bits per heavy atom. The molecule has 2 heterocycles. The molecule has 0 bridgehead atoms. The molecule has 2 unspecified atom stereocenters. The maximum Gasteiger partial charge on any atom is 0.417 e. The third-order valence-corrected chi connectivity index (χ3v) is 3.24. The van der Waals surface area contributed by atoms with Crippen molar-refractivity contribution >= 4 is 0 Å². The number of pyridine rings is 1. The topological polar surface area (TPSA) is 34.8 Å². The van der Waals surface area contributed by atoms with Crippen molar-refractivity contribution in [1.82, 2.24) is 10.3 Å². The SMILES string of the molecule is Fc1ccc(C2NC2c2ccc(C(F)(F)F)cn2)cc1. The standard InChI is InChI=1S/C14H10F4N2/c15-10-4-1-8(2-5-10)12-13(20-12)11-6-3-9(7-19-11)14(16,17)18/h1-7,12-13,20H. The molecule has 1 aliphatic heterocycles. The molecular formula is C14H10F4N2. The van der Waals surface area contributed by atoms with Gasteiger partial charge in [0.05, 0.1) is 23.3 Å². The first kappa shape index (κ1) is 13.1. The molecule has 1 aliphatic rings. The zero-order valence-electron chi connectivity index (χ0n) is 10.2. The summed E-state index contributed by atoms with van der Waals surface area (Å²) < 4.78 is 50.1. The first-order valence-corrected chi connectivity index (χ1v) is 6.00. The predicted molar refractivity (Wildman–Crippen MR) is 64.3 cm³/mol. The lowest BCUT2D eigenvalue weighted by Gasteiger charge is -2.06. The number of aromatic nitrogens is 1. The lowest BCUT2D eigenvalue weighted by molar-refractivity contribution is -0.137. The number of hydrogen-bond acceptors (Lipinski definition) is 2. The third kappa shape index (κ3) is 2.51. The van der Waals surface area contributed by atoms with Crippen LogP contribution in [0.25, 0.3) is 0 Å². The molecule has 0 spiro atoms. The summed E-state index contributed by atoms with van der Waals surface area (Å²) in [7, 11) is 0. The molecule has 1 saturated heterocycles. The van der Waals surface area contributed by atoms with Gasteiger partial charge < -0.3 is 0 Å². The number of hydrogen-bond donors (Lipinski definition) is 1. The fourth-order valence-corrected chi connectivity index (χ4v) is 2.11. The van der Waals surface area contributed by atoms with E-state index in [1.165, 1.54) is 18.2 Å². The molecule has 3 rings (SSSR count). The first-order valence-electron chi connectivity index (χ1n) is 6.00. The van der Waals surface area contributed by atoms with Gasteiger partial charge in [-0.2, -0.15) is 13.2 Å². The highest BCUT2D eigenvalue weighted by Crippen LogP contribution is 2.41. The summed E-state index contributed by atoms with van der Waals surface area (Å²) in [6.45, 7) is 0. The van der Waals surface area contributed by atoms with Crippen LogP contribution in [0, 0.1) is 5.82 Å². The monoisotopic (exact) mass is 282 g/mol. The van der Waals surface area contributed by atoms with E-state index < -0.39 is 11.7 Å². The van der Waals surface area contributed by atoms with Crippen LogP contribution in [0.4, 0.5) is 17.6 Å². The van der Waals surface area contributed by atoms with Crippen molar-refractivity contribution in [2.45, 2.75) is 18.3 Å². The van der Waals surface area contributed by atoms with Gasteiger partial charge in [-0.15, -0.1) is 0 Å². The number of halogens is 4. The van der Waals surface area contributed by atoms with Crippen molar-refractivity contribution in [3.63, 3.8) is 0 Å². The fourth-order valence-electron chi connectivity index (χ4n) is 2.11. The highest BCUT2D eigenvalue weighted by molar-refractivity contribution is 5.32. The zero-order chi connectivity index (χ0) is 14.3. The molecule has 0 saturated carbocycles. The van der Waals surface area contributed by atoms with Crippen LogP contribution in [0.5, 0.6) is 0 Å². The van der Waals surface area contributed by atoms with Gasteiger partial charge in [0.25, 0.3) is 0 Å². The Balaban J connectivity index is 1.74. The predicted octanol–water partition coefficient (Wildman–Crippen LogP) is 3.63. The van der Waals surface area contributed by atoms with Crippen LogP contribution < -0.4 is 5.32 Å². The van der Waals surface area contributed by atoms with Crippen molar-refractivity contribution in [1.29, 1.82) is 0 Å². The van der Waals surface area contributed by atoms with E-state index >= 15 is 0 Å². The number of nitrogens with zero attached hydrogens (tertiary/aromatic N) is 1. The largest absolute Gasteiger partial charge is 0.417 e. The van der Waals surface area contributed by atoms with Crippen molar-refractivity contribution in [3.8, 4) is 0 Å². The lowest BCUT2D eigenvalue weighted by Crippen LogP contribution is -2.05. The van der Waals surface area contributed by atoms with Crippen molar-refractivity contribution in [3.05, 3.63) is 65.2 Å². The van der Waals surface area contributed by atoms with E-state index in [-0.39, 0.29) is 17.9 Å². The van der Waals surface area contributed by atoms with Gasteiger partial charge in [0, 0.05) is 6.20 Å². The zero-order valence-corrected chi connectivity index (χ0v) is 10.2. The average molecular weight is 282 g/mol. The highest BCUT2D eigenvalue weighted by atomic mass is 19.4. The molecule has 2 aromatic rings. The van der Waals surface area contributed by atoms with Crippen LogP contribution in [0.2, 0.25) is 0 Å². The normalized spacial score (nSPS) is 21.8. The van der Waals surface area contributed by atoms with Crippen LogP contribution >= 0.6 is 0 Å². The molecular weight excluding hydrogens is 272 g/mol. The van der Waals surface area contributed by atoms with Crippen LogP contribution in [-0.4, -0.2) is 4.98 Å². The Labute approximate surface area is 112 Å². The molecule has 1 fully saturated rings. The molecule has 104 valence electrons. The van der Waals surface area contributed by atoms with Gasteiger partial charge in [-0.1, -0.05) is 12.1 Å². The third-order valence-electron chi connectivity index (χ3n) is 3.24. The van der Waals surface area contributed by atoms with Gasteiger partial charge in [0.15, 0.2) is 0 Å². The molecule has 2 nitrogen and oxygen atoms in total. The summed E-state index contributed by atoms with van der Waals surface area (Å²) in [6, 6.07) is 8.24. The minimum Gasteiger partial charge on any atom is -0.298 e. The molecule has 1 aromatic carbocycles. The highest BCUT2D eigenvalue weighted by Gasteiger charge is 2.40. The molecule has 20 heavy (non-hydrogen) atoms.